The van der Waals surface area contributed by atoms with E-state index in [2.05, 4.69) is 14.2 Å². The van der Waals surface area contributed by atoms with Gasteiger partial charge in [-0.3, -0.25) is 0 Å². The van der Waals surface area contributed by atoms with E-state index in [4.69, 9.17) is 0 Å². The van der Waals surface area contributed by atoms with Gasteiger partial charge in [-0.1, -0.05) is 50.7 Å². The predicted octanol–water partition coefficient (Wildman–Crippen LogP) is 2.88. The summed E-state index contributed by atoms with van der Waals surface area (Å²) in [6.45, 7) is 2.37. The summed E-state index contributed by atoms with van der Waals surface area (Å²) >= 11 is 0. The van der Waals surface area contributed by atoms with Crippen LogP contribution in [0.5, 0.6) is 0 Å². The highest BCUT2D eigenvalue weighted by molar-refractivity contribution is 6.40. The second kappa shape index (κ2) is 2.60. The summed E-state index contributed by atoms with van der Waals surface area (Å²) in [5, 5.41) is 0. The molecule has 2 fully saturated rings. The zero-order valence-electron chi connectivity index (χ0n) is 6.84. The van der Waals surface area contributed by atoms with Crippen molar-refractivity contribution in [3.8, 4) is 0 Å². The third kappa shape index (κ3) is 1.23. The molecule has 0 aromatic rings. The minimum Gasteiger partial charge on any atom is -0.0686 e. The van der Waals surface area contributed by atoms with E-state index in [0.717, 1.165) is 17.6 Å². The van der Waals surface area contributed by atoms with E-state index in [1.165, 1.54) is 32.1 Å². The van der Waals surface area contributed by atoms with Gasteiger partial charge in [0.2, 0.25) is 0 Å². The monoisotopic (exact) mass is 135 g/mol. The van der Waals surface area contributed by atoms with Crippen molar-refractivity contribution < 1.29 is 0 Å². The van der Waals surface area contributed by atoms with Gasteiger partial charge in [0.25, 0.3) is 0 Å². The van der Waals surface area contributed by atoms with Crippen molar-refractivity contribution in [3.05, 3.63) is 0 Å². The lowest BCUT2D eigenvalue weighted by molar-refractivity contribution is 0.336. The fourth-order valence-corrected chi connectivity index (χ4v) is 2.14. The topological polar surface area (TPSA) is 0 Å². The molecule has 0 heterocycles. The molecule has 0 saturated heterocycles. The number of hydrogen-bond donors (Lipinski definition) is 0. The highest BCUT2D eigenvalue weighted by atomic mass is 14.3. The Balaban J connectivity index is 1.62. The summed E-state index contributed by atoms with van der Waals surface area (Å²) in [6.07, 6.45) is 7.44. The first-order chi connectivity index (χ1) is 4.84. The summed E-state index contributed by atoms with van der Waals surface area (Å²) in [7, 11) is 2.63. The molecular formula is C9H16B. The molecule has 2 aliphatic carbocycles. The molecular weight excluding hydrogens is 119 g/mol. The van der Waals surface area contributed by atoms with Gasteiger partial charge in [0.05, 0.1) is 0 Å². The molecule has 0 N–H and O–H groups in total. The van der Waals surface area contributed by atoms with E-state index in [0.29, 0.717) is 0 Å². The van der Waals surface area contributed by atoms with Crippen molar-refractivity contribution in [1.82, 2.24) is 0 Å². The Labute approximate surface area is 64.6 Å². The zero-order chi connectivity index (χ0) is 6.97. The Morgan fingerprint density at radius 2 is 1.80 bits per heavy atom. The van der Waals surface area contributed by atoms with Crippen molar-refractivity contribution in [2.45, 2.75) is 50.7 Å². The smallest absolute Gasteiger partial charge is 0.0686 e. The van der Waals surface area contributed by atoms with Crippen molar-refractivity contribution >= 4 is 7.28 Å². The van der Waals surface area contributed by atoms with E-state index < -0.39 is 0 Å². The largest absolute Gasteiger partial charge is 0.117 e. The molecule has 0 atom stereocenters. The van der Waals surface area contributed by atoms with Crippen LogP contribution in [0.15, 0.2) is 0 Å². The standard InChI is InChI=1S/C9H16B/c1-7-5-9(6-7)10-8-3-2-4-8/h7-9H,2-6H2,1H3. The zero-order valence-corrected chi connectivity index (χ0v) is 6.84. The van der Waals surface area contributed by atoms with Crippen LogP contribution in [0.2, 0.25) is 11.6 Å². The first-order valence-electron chi connectivity index (χ1n) is 4.69. The Morgan fingerprint density at radius 1 is 1.10 bits per heavy atom. The average molecular weight is 135 g/mol. The van der Waals surface area contributed by atoms with Gasteiger partial charge in [-0.25, -0.2) is 0 Å². The van der Waals surface area contributed by atoms with Gasteiger partial charge < -0.3 is 0 Å². The third-order valence-electron chi connectivity index (χ3n) is 3.10. The minimum absolute atomic E-state index is 1.01. The van der Waals surface area contributed by atoms with E-state index in [1.54, 1.807) is 0 Å². The molecule has 0 spiro atoms. The molecule has 2 rings (SSSR count). The normalized spacial score (nSPS) is 40.1. The van der Waals surface area contributed by atoms with Crippen LogP contribution < -0.4 is 0 Å². The van der Waals surface area contributed by atoms with Crippen LogP contribution in [0.1, 0.15) is 39.0 Å². The molecule has 1 heteroatoms. The molecule has 2 saturated carbocycles. The summed E-state index contributed by atoms with van der Waals surface area (Å²) in [5.41, 5.74) is 0. The minimum atomic E-state index is 1.01. The molecule has 0 unspecified atom stereocenters. The van der Waals surface area contributed by atoms with Crippen molar-refractivity contribution in [1.29, 1.82) is 0 Å². The van der Waals surface area contributed by atoms with Crippen LogP contribution in [0, 0.1) is 5.92 Å². The van der Waals surface area contributed by atoms with Crippen LogP contribution in [0.25, 0.3) is 0 Å². The molecule has 1 radical (unpaired) electrons. The lowest BCUT2D eigenvalue weighted by atomic mass is 9.42. The quantitative estimate of drug-likeness (QED) is 0.510. The molecule has 0 amide bonds. The highest BCUT2D eigenvalue weighted by Crippen LogP contribution is 2.43. The van der Waals surface area contributed by atoms with Crippen LogP contribution >= 0.6 is 0 Å². The Hall–Kier alpha value is 0.0649. The lowest BCUT2D eigenvalue weighted by Crippen LogP contribution is -2.26. The Bertz CT molecular complexity index is 112. The number of hydrogen-bond acceptors (Lipinski definition) is 0. The van der Waals surface area contributed by atoms with Crippen molar-refractivity contribution in [3.63, 3.8) is 0 Å². The van der Waals surface area contributed by atoms with Gasteiger partial charge in [0.15, 0.2) is 0 Å². The van der Waals surface area contributed by atoms with Gasteiger partial charge in [0.1, 0.15) is 7.28 Å². The first kappa shape index (κ1) is 6.76. The second-order valence-corrected chi connectivity index (χ2v) is 4.22. The van der Waals surface area contributed by atoms with E-state index in [1.807, 2.05) is 0 Å². The van der Waals surface area contributed by atoms with Gasteiger partial charge in [-0.05, 0) is 5.92 Å². The van der Waals surface area contributed by atoms with Gasteiger partial charge in [0, 0.05) is 0 Å². The summed E-state index contributed by atoms with van der Waals surface area (Å²) in [5.74, 6) is 3.07. The van der Waals surface area contributed by atoms with Crippen LogP contribution in [-0.4, -0.2) is 7.28 Å². The Morgan fingerprint density at radius 3 is 2.20 bits per heavy atom. The summed E-state index contributed by atoms with van der Waals surface area (Å²) in [6, 6.07) is 0. The molecule has 0 nitrogen and oxygen atoms in total. The third-order valence-corrected chi connectivity index (χ3v) is 3.10. The first-order valence-corrected chi connectivity index (χ1v) is 4.69. The summed E-state index contributed by atoms with van der Waals surface area (Å²) in [4.78, 5) is 0. The average Bonchev–Trinajstić information content (AvgIpc) is 1.72. The molecule has 0 aliphatic heterocycles. The molecule has 55 valence electrons. The maximum Gasteiger partial charge on any atom is 0.117 e. The van der Waals surface area contributed by atoms with E-state index in [-0.39, 0.29) is 0 Å². The lowest BCUT2D eigenvalue weighted by Gasteiger charge is -2.37. The van der Waals surface area contributed by atoms with Gasteiger partial charge >= 0.3 is 0 Å². The highest BCUT2D eigenvalue weighted by Gasteiger charge is 2.30. The molecule has 0 aromatic heterocycles. The fourth-order valence-electron chi connectivity index (χ4n) is 2.14. The predicted molar refractivity (Wildman–Crippen MR) is 45.5 cm³/mol. The van der Waals surface area contributed by atoms with Crippen LogP contribution in [-0.2, 0) is 0 Å². The van der Waals surface area contributed by atoms with Crippen LogP contribution in [0.4, 0.5) is 0 Å². The maximum absolute atomic E-state index is 2.63. The fraction of sp³-hybridized carbons (Fsp3) is 1.00. The van der Waals surface area contributed by atoms with Gasteiger partial charge in [-0.2, -0.15) is 0 Å². The number of rotatable bonds is 2. The molecule has 2 aliphatic rings. The molecule has 0 aromatic carbocycles. The Kier molecular flexibility index (Phi) is 1.75. The maximum atomic E-state index is 2.63. The molecule has 0 bridgehead atoms. The molecule has 10 heavy (non-hydrogen) atoms. The van der Waals surface area contributed by atoms with Crippen molar-refractivity contribution in [2.75, 3.05) is 0 Å². The summed E-state index contributed by atoms with van der Waals surface area (Å²) < 4.78 is 0. The second-order valence-electron chi connectivity index (χ2n) is 4.22. The van der Waals surface area contributed by atoms with E-state index in [9.17, 15) is 0 Å². The van der Waals surface area contributed by atoms with Crippen molar-refractivity contribution in [2.24, 2.45) is 5.92 Å². The van der Waals surface area contributed by atoms with Gasteiger partial charge in [-0.15, -0.1) is 0 Å². The van der Waals surface area contributed by atoms with Crippen LogP contribution in [0.3, 0.4) is 0 Å². The van der Waals surface area contributed by atoms with E-state index >= 15 is 0 Å². The SMILES string of the molecule is CC1CC([B]C2CCC2)C1.